The Labute approximate surface area is 152 Å². The molecule has 3 aromatic rings. The van der Waals surface area contributed by atoms with Crippen LogP contribution in [0.15, 0.2) is 36.0 Å². The SMILES string of the molecule is O=C(Cc1csc(N2CCCC2=O)n1)Nc1ccc(-n2cnnn2)cc1. The van der Waals surface area contributed by atoms with Crippen molar-refractivity contribution in [2.45, 2.75) is 19.3 Å². The molecule has 1 fully saturated rings. The maximum absolute atomic E-state index is 12.2. The van der Waals surface area contributed by atoms with Gasteiger partial charge in [0, 0.05) is 24.0 Å². The number of carbonyl (C=O) groups is 2. The maximum atomic E-state index is 12.2. The number of amides is 2. The van der Waals surface area contributed by atoms with Crippen molar-refractivity contribution in [3.8, 4) is 5.69 Å². The third kappa shape index (κ3) is 3.45. The van der Waals surface area contributed by atoms with E-state index in [0.29, 0.717) is 29.5 Å². The summed E-state index contributed by atoms with van der Waals surface area (Å²) >= 11 is 1.39. The van der Waals surface area contributed by atoms with Crippen LogP contribution in [0, 0.1) is 0 Å². The van der Waals surface area contributed by atoms with Gasteiger partial charge in [0.2, 0.25) is 11.8 Å². The van der Waals surface area contributed by atoms with Crippen LogP contribution in [0.4, 0.5) is 10.8 Å². The molecule has 1 saturated heterocycles. The molecule has 3 heterocycles. The summed E-state index contributed by atoms with van der Waals surface area (Å²) in [5, 5.41) is 16.3. The van der Waals surface area contributed by atoms with Crippen LogP contribution in [0.5, 0.6) is 0 Å². The summed E-state index contributed by atoms with van der Waals surface area (Å²) in [5.41, 5.74) is 2.14. The molecule has 4 rings (SSSR count). The monoisotopic (exact) mass is 369 g/mol. The number of nitrogens with one attached hydrogen (secondary N) is 1. The van der Waals surface area contributed by atoms with Crippen molar-refractivity contribution in [3.63, 3.8) is 0 Å². The molecule has 2 amide bonds. The topological polar surface area (TPSA) is 106 Å². The number of thiazole rings is 1. The number of hydrogen-bond acceptors (Lipinski definition) is 7. The second kappa shape index (κ2) is 7.00. The van der Waals surface area contributed by atoms with E-state index in [1.165, 1.54) is 22.3 Å². The highest BCUT2D eigenvalue weighted by molar-refractivity contribution is 7.14. The predicted octanol–water partition coefficient (Wildman–Crippen LogP) is 1.43. The van der Waals surface area contributed by atoms with Gasteiger partial charge in [-0.15, -0.1) is 16.4 Å². The van der Waals surface area contributed by atoms with Crippen molar-refractivity contribution in [3.05, 3.63) is 41.7 Å². The van der Waals surface area contributed by atoms with Gasteiger partial charge >= 0.3 is 0 Å². The molecule has 1 aromatic carbocycles. The molecule has 1 aliphatic heterocycles. The number of anilines is 2. The summed E-state index contributed by atoms with van der Waals surface area (Å²) in [6.45, 7) is 0.700. The average Bonchev–Trinajstić information content (AvgIpc) is 3.37. The molecule has 0 bridgehead atoms. The summed E-state index contributed by atoms with van der Waals surface area (Å²) in [6, 6.07) is 7.19. The first-order chi connectivity index (χ1) is 12.7. The summed E-state index contributed by atoms with van der Waals surface area (Å²) < 4.78 is 1.53. The van der Waals surface area contributed by atoms with Gasteiger partial charge in [0.05, 0.1) is 17.8 Å². The van der Waals surface area contributed by atoms with Crippen molar-refractivity contribution in [1.29, 1.82) is 0 Å². The van der Waals surface area contributed by atoms with Crippen molar-refractivity contribution in [2.75, 3.05) is 16.8 Å². The molecule has 0 saturated carbocycles. The fourth-order valence-corrected chi connectivity index (χ4v) is 3.57. The van der Waals surface area contributed by atoms with Crippen LogP contribution in [-0.4, -0.2) is 43.6 Å². The summed E-state index contributed by atoms with van der Waals surface area (Å²) in [5.74, 6) is -0.0669. The first-order valence-corrected chi connectivity index (χ1v) is 8.95. The van der Waals surface area contributed by atoms with Crippen LogP contribution < -0.4 is 10.2 Å². The molecular weight excluding hydrogens is 354 g/mol. The van der Waals surface area contributed by atoms with Gasteiger partial charge < -0.3 is 5.32 Å². The van der Waals surface area contributed by atoms with Gasteiger partial charge in [-0.25, -0.2) is 9.67 Å². The molecule has 1 aliphatic rings. The van der Waals surface area contributed by atoms with Gasteiger partial charge in [-0.2, -0.15) is 0 Å². The highest BCUT2D eigenvalue weighted by atomic mass is 32.1. The fourth-order valence-electron chi connectivity index (χ4n) is 2.70. The third-order valence-electron chi connectivity index (χ3n) is 3.95. The standard InChI is InChI=1S/C16H15N7O2S/c24-14(8-12-9-26-16(19-12)22-7-1-2-15(22)25)18-11-3-5-13(6-4-11)23-10-17-20-21-23/h3-6,9-10H,1-2,7-8H2,(H,18,24). The summed E-state index contributed by atoms with van der Waals surface area (Å²) in [6.07, 6.45) is 3.08. The van der Waals surface area contributed by atoms with Gasteiger partial charge in [-0.05, 0) is 41.1 Å². The Balaban J connectivity index is 1.37. The Hall–Kier alpha value is -3.14. The second-order valence-corrected chi connectivity index (χ2v) is 6.63. The lowest BCUT2D eigenvalue weighted by molar-refractivity contribution is -0.117. The van der Waals surface area contributed by atoms with Crippen molar-refractivity contribution in [2.24, 2.45) is 0 Å². The minimum Gasteiger partial charge on any atom is -0.326 e. The number of rotatable bonds is 5. The number of carbonyl (C=O) groups excluding carboxylic acids is 2. The molecule has 9 nitrogen and oxygen atoms in total. The van der Waals surface area contributed by atoms with Crippen molar-refractivity contribution >= 4 is 34.0 Å². The molecular formula is C16H15N7O2S. The van der Waals surface area contributed by atoms with E-state index in [4.69, 9.17) is 0 Å². The molecule has 1 N–H and O–H groups in total. The van der Waals surface area contributed by atoms with E-state index in [-0.39, 0.29) is 18.2 Å². The Morgan fingerprint density at radius 3 is 2.81 bits per heavy atom. The van der Waals surface area contributed by atoms with Gasteiger partial charge in [-0.3, -0.25) is 14.5 Å². The zero-order valence-electron chi connectivity index (χ0n) is 13.7. The van der Waals surface area contributed by atoms with E-state index < -0.39 is 0 Å². The zero-order valence-corrected chi connectivity index (χ0v) is 14.5. The normalized spacial score (nSPS) is 14.0. The largest absolute Gasteiger partial charge is 0.326 e. The van der Waals surface area contributed by atoms with Gasteiger partial charge in [-0.1, -0.05) is 0 Å². The molecule has 2 aromatic heterocycles. The third-order valence-corrected chi connectivity index (χ3v) is 4.86. The van der Waals surface area contributed by atoms with E-state index in [1.54, 1.807) is 17.0 Å². The molecule has 26 heavy (non-hydrogen) atoms. The molecule has 132 valence electrons. The maximum Gasteiger partial charge on any atom is 0.230 e. The van der Waals surface area contributed by atoms with Crippen LogP contribution in [0.1, 0.15) is 18.5 Å². The Kier molecular flexibility index (Phi) is 4.40. The number of benzene rings is 1. The molecule has 0 aliphatic carbocycles. The minimum absolute atomic E-state index is 0.0954. The number of aromatic nitrogens is 5. The number of nitrogens with zero attached hydrogens (tertiary/aromatic N) is 6. The van der Waals surface area contributed by atoms with E-state index >= 15 is 0 Å². The highest BCUT2D eigenvalue weighted by Crippen LogP contribution is 2.25. The van der Waals surface area contributed by atoms with Crippen molar-refractivity contribution < 1.29 is 9.59 Å². The predicted molar refractivity (Wildman–Crippen MR) is 95.2 cm³/mol. The molecule has 0 unspecified atom stereocenters. The lowest BCUT2D eigenvalue weighted by Crippen LogP contribution is -2.23. The van der Waals surface area contributed by atoms with E-state index in [9.17, 15) is 9.59 Å². The Bertz CT molecular complexity index is 920. The summed E-state index contributed by atoms with van der Waals surface area (Å²) in [7, 11) is 0. The number of tetrazole rings is 1. The van der Waals surface area contributed by atoms with Gasteiger partial charge in [0.25, 0.3) is 0 Å². The lowest BCUT2D eigenvalue weighted by atomic mass is 10.2. The van der Waals surface area contributed by atoms with Gasteiger partial charge in [0.1, 0.15) is 6.33 Å². The van der Waals surface area contributed by atoms with Gasteiger partial charge in [0.15, 0.2) is 5.13 Å². The number of hydrogen-bond donors (Lipinski definition) is 1. The average molecular weight is 369 g/mol. The smallest absolute Gasteiger partial charge is 0.230 e. The first-order valence-electron chi connectivity index (χ1n) is 8.07. The van der Waals surface area contributed by atoms with Crippen LogP contribution >= 0.6 is 11.3 Å². The molecule has 0 atom stereocenters. The minimum atomic E-state index is -0.162. The van der Waals surface area contributed by atoms with Crippen LogP contribution in [0.2, 0.25) is 0 Å². The molecule has 0 spiro atoms. The van der Waals surface area contributed by atoms with Crippen LogP contribution in [0.25, 0.3) is 5.69 Å². The molecule has 10 heteroatoms. The van der Waals surface area contributed by atoms with E-state index in [0.717, 1.165) is 12.1 Å². The zero-order chi connectivity index (χ0) is 17.9. The first kappa shape index (κ1) is 16.3. The summed E-state index contributed by atoms with van der Waals surface area (Å²) in [4.78, 5) is 30.1. The second-order valence-electron chi connectivity index (χ2n) is 5.80. The fraction of sp³-hybridized carbons (Fsp3) is 0.250. The van der Waals surface area contributed by atoms with Crippen LogP contribution in [0.3, 0.4) is 0 Å². The van der Waals surface area contributed by atoms with Crippen molar-refractivity contribution in [1.82, 2.24) is 25.2 Å². The van der Waals surface area contributed by atoms with E-state index in [2.05, 4.69) is 25.8 Å². The molecule has 0 radical (unpaired) electrons. The van der Waals surface area contributed by atoms with Crippen LogP contribution in [-0.2, 0) is 16.0 Å². The Morgan fingerprint density at radius 2 is 2.12 bits per heavy atom. The quantitative estimate of drug-likeness (QED) is 0.729. The lowest BCUT2D eigenvalue weighted by Gasteiger charge is -2.10. The highest BCUT2D eigenvalue weighted by Gasteiger charge is 2.24. The van der Waals surface area contributed by atoms with E-state index in [1.807, 2.05) is 17.5 Å². The Morgan fingerprint density at radius 1 is 1.27 bits per heavy atom.